The molecule has 12 heteroatoms. The maximum atomic E-state index is 13.9. The number of piperidine rings is 1. The van der Waals surface area contributed by atoms with Crippen LogP contribution in [0.5, 0.6) is 11.8 Å². The first kappa shape index (κ1) is 24.3. The molecule has 3 aromatic rings. The molecule has 1 aliphatic heterocycles. The normalized spacial score (nSPS) is 24.7. The molecule has 0 spiro atoms. The van der Waals surface area contributed by atoms with Gasteiger partial charge in [-0.25, -0.2) is 27.8 Å². The van der Waals surface area contributed by atoms with Gasteiger partial charge < -0.3 is 15.0 Å². The van der Waals surface area contributed by atoms with Crippen molar-refractivity contribution in [3.8, 4) is 11.8 Å². The number of rotatable bonds is 7. The zero-order valence-electron chi connectivity index (χ0n) is 20.2. The second kappa shape index (κ2) is 9.34. The number of fused-ring (bicyclic) bond motifs is 2. The van der Waals surface area contributed by atoms with Gasteiger partial charge in [0.15, 0.2) is 0 Å². The highest BCUT2D eigenvalue weighted by Crippen LogP contribution is 2.44. The second-order valence-corrected chi connectivity index (χ2v) is 10.9. The first-order valence-corrected chi connectivity index (χ1v) is 12.9. The summed E-state index contributed by atoms with van der Waals surface area (Å²) in [6.45, 7) is 3.90. The lowest BCUT2D eigenvalue weighted by Gasteiger charge is -2.38. The van der Waals surface area contributed by atoms with Crippen molar-refractivity contribution < 1.29 is 17.9 Å². The third-order valence-electron chi connectivity index (χ3n) is 7.53. The molecule has 8 nitrogen and oxygen atoms in total. The SMILES string of the molecule is Cc1cc(N2CC3CCC(C2)C3Nc2nc(Oc3cc(F)cc(Cl)c3)n(CC3CC(F)(F)C3)n2)ncn1. The molecule has 0 amide bonds. The van der Waals surface area contributed by atoms with Gasteiger partial charge in [-0.05, 0) is 49.7 Å². The van der Waals surface area contributed by atoms with Crippen molar-refractivity contribution in [2.75, 3.05) is 23.3 Å². The van der Waals surface area contributed by atoms with E-state index in [0.29, 0.717) is 17.8 Å². The minimum Gasteiger partial charge on any atom is -0.424 e. The van der Waals surface area contributed by atoms with E-state index in [1.807, 2.05) is 13.0 Å². The van der Waals surface area contributed by atoms with Crippen LogP contribution in [-0.4, -0.2) is 49.8 Å². The van der Waals surface area contributed by atoms with Gasteiger partial charge >= 0.3 is 6.01 Å². The molecule has 1 N–H and O–H groups in total. The van der Waals surface area contributed by atoms with Gasteiger partial charge in [-0.3, -0.25) is 0 Å². The van der Waals surface area contributed by atoms with Crippen LogP contribution >= 0.6 is 11.6 Å². The summed E-state index contributed by atoms with van der Waals surface area (Å²) in [6, 6.07) is 6.12. The van der Waals surface area contributed by atoms with E-state index in [2.05, 4.69) is 30.3 Å². The maximum Gasteiger partial charge on any atom is 0.322 e. The Morgan fingerprint density at radius 2 is 1.86 bits per heavy atom. The minimum atomic E-state index is -2.64. The van der Waals surface area contributed by atoms with Crippen LogP contribution < -0.4 is 15.0 Å². The predicted molar refractivity (Wildman–Crippen MR) is 132 cm³/mol. The minimum absolute atomic E-state index is 0.112. The van der Waals surface area contributed by atoms with Gasteiger partial charge in [0.2, 0.25) is 11.9 Å². The molecular formula is C25H27ClF3N7O. The topological polar surface area (TPSA) is 81.0 Å². The van der Waals surface area contributed by atoms with Gasteiger partial charge in [-0.15, -0.1) is 5.10 Å². The summed E-state index contributed by atoms with van der Waals surface area (Å²) in [4.78, 5) is 15.5. The fourth-order valence-corrected chi connectivity index (χ4v) is 6.05. The first-order valence-electron chi connectivity index (χ1n) is 12.5. The molecule has 37 heavy (non-hydrogen) atoms. The molecule has 3 heterocycles. The van der Waals surface area contributed by atoms with Gasteiger partial charge in [0.25, 0.3) is 0 Å². The first-order chi connectivity index (χ1) is 17.7. The van der Waals surface area contributed by atoms with Crippen molar-refractivity contribution in [1.82, 2.24) is 24.7 Å². The molecule has 6 rings (SSSR count). The molecule has 1 saturated heterocycles. The smallest absolute Gasteiger partial charge is 0.322 e. The highest BCUT2D eigenvalue weighted by molar-refractivity contribution is 6.30. The number of alkyl halides is 2. The van der Waals surface area contributed by atoms with E-state index in [-0.39, 0.29) is 48.1 Å². The average molecular weight is 534 g/mol. The highest BCUT2D eigenvalue weighted by Gasteiger charge is 2.46. The Morgan fingerprint density at radius 1 is 1.11 bits per heavy atom. The Hall–Kier alpha value is -3.08. The van der Waals surface area contributed by atoms with E-state index in [4.69, 9.17) is 16.3 Å². The zero-order chi connectivity index (χ0) is 25.7. The number of ether oxygens (including phenoxy) is 1. The fourth-order valence-electron chi connectivity index (χ4n) is 5.84. The number of hydrogen-bond acceptors (Lipinski definition) is 7. The second-order valence-electron chi connectivity index (χ2n) is 10.4. The summed E-state index contributed by atoms with van der Waals surface area (Å²) >= 11 is 5.97. The molecular weight excluding hydrogens is 507 g/mol. The maximum absolute atomic E-state index is 13.9. The Bertz CT molecular complexity index is 1260. The Balaban J connectivity index is 1.20. The molecule has 2 bridgehead atoms. The van der Waals surface area contributed by atoms with E-state index >= 15 is 0 Å². The van der Waals surface area contributed by atoms with Gasteiger partial charge in [-0.1, -0.05) is 11.6 Å². The molecule has 3 fully saturated rings. The van der Waals surface area contributed by atoms with Gasteiger partial charge in [-0.2, -0.15) is 4.98 Å². The fraction of sp³-hybridized carbons (Fsp3) is 0.520. The molecule has 2 atom stereocenters. The Kier molecular flexibility index (Phi) is 6.13. The summed E-state index contributed by atoms with van der Waals surface area (Å²) in [5, 5.41) is 8.24. The summed E-state index contributed by atoms with van der Waals surface area (Å²) in [6.07, 6.45) is 3.34. The van der Waals surface area contributed by atoms with E-state index in [1.165, 1.54) is 22.9 Å². The van der Waals surface area contributed by atoms with Crippen LogP contribution in [0.25, 0.3) is 0 Å². The molecule has 2 unspecified atom stereocenters. The predicted octanol–water partition coefficient (Wildman–Crippen LogP) is 5.33. The van der Waals surface area contributed by atoms with E-state index in [0.717, 1.165) is 37.4 Å². The molecule has 1 aromatic carbocycles. The molecule has 196 valence electrons. The van der Waals surface area contributed by atoms with Crippen LogP contribution in [0.15, 0.2) is 30.6 Å². The van der Waals surface area contributed by atoms with Crippen molar-refractivity contribution in [2.45, 2.75) is 51.1 Å². The molecule has 2 aromatic heterocycles. The van der Waals surface area contributed by atoms with Crippen molar-refractivity contribution >= 4 is 23.4 Å². The van der Waals surface area contributed by atoms with Crippen LogP contribution in [0.1, 0.15) is 31.4 Å². The summed E-state index contributed by atoms with van der Waals surface area (Å²) in [7, 11) is 0. The van der Waals surface area contributed by atoms with Gasteiger partial charge in [0.05, 0.1) is 0 Å². The van der Waals surface area contributed by atoms with Gasteiger partial charge in [0, 0.05) is 61.4 Å². The van der Waals surface area contributed by atoms with E-state index in [9.17, 15) is 13.2 Å². The molecule has 3 aliphatic rings. The van der Waals surface area contributed by atoms with Crippen molar-refractivity contribution in [3.05, 3.63) is 47.1 Å². The van der Waals surface area contributed by atoms with Crippen LogP contribution in [-0.2, 0) is 6.54 Å². The Labute approximate surface area is 217 Å². The largest absolute Gasteiger partial charge is 0.424 e. The average Bonchev–Trinajstić information content (AvgIpc) is 3.26. The lowest BCUT2D eigenvalue weighted by Crippen LogP contribution is -2.48. The van der Waals surface area contributed by atoms with Crippen molar-refractivity contribution in [3.63, 3.8) is 0 Å². The van der Waals surface area contributed by atoms with Crippen molar-refractivity contribution in [1.29, 1.82) is 0 Å². The van der Waals surface area contributed by atoms with Crippen LogP contribution in [0, 0.1) is 30.5 Å². The number of nitrogens with one attached hydrogen (secondary N) is 1. The molecule has 2 saturated carbocycles. The lowest BCUT2D eigenvalue weighted by molar-refractivity contribution is -0.115. The third kappa shape index (κ3) is 5.18. The number of anilines is 2. The standard InChI is InChI=1S/C25H27ClF3N7O/c1-14-4-21(31-13-30-14)35-11-16-2-3-17(12-35)22(16)32-23-33-24(37-20-6-18(26)5-19(27)7-20)36(34-23)10-15-8-25(28,29)9-15/h4-7,13,15-17,22H,2-3,8-12H2,1H3,(H,32,34). The monoisotopic (exact) mass is 533 g/mol. The number of benzene rings is 1. The number of aryl methyl sites for hydroxylation is 1. The van der Waals surface area contributed by atoms with Crippen LogP contribution in [0.2, 0.25) is 5.02 Å². The zero-order valence-corrected chi connectivity index (χ0v) is 21.0. The number of aromatic nitrogens is 5. The molecule has 0 radical (unpaired) electrons. The Morgan fingerprint density at radius 3 is 2.54 bits per heavy atom. The summed E-state index contributed by atoms with van der Waals surface area (Å²) in [5.74, 6) is -1.21. The highest BCUT2D eigenvalue weighted by atomic mass is 35.5. The van der Waals surface area contributed by atoms with E-state index < -0.39 is 11.7 Å². The van der Waals surface area contributed by atoms with Gasteiger partial charge in [0.1, 0.15) is 23.7 Å². The number of nitrogens with zero attached hydrogens (tertiary/aromatic N) is 6. The molecule has 2 aliphatic carbocycles. The third-order valence-corrected chi connectivity index (χ3v) is 7.75. The number of hydrogen-bond donors (Lipinski definition) is 1. The van der Waals surface area contributed by atoms with Crippen molar-refractivity contribution in [2.24, 2.45) is 17.8 Å². The number of halogens is 4. The quantitative estimate of drug-likeness (QED) is 0.439. The van der Waals surface area contributed by atoms with Crippen LogP contribution in [0.3, 0.4) is 0 Å². The summed E-state index contributed by atoms with van der Waals surface area (Å²) in [5.41, 5.74) is 0.934. The van der Waals surface area contributed by atoms with Crippen LogP contribution in [0.4, 0.5) is 24.9 Å². The summed E-state index contributed by atoms with van der Waals surface area (Å²) < 4.78 is 48.1. The van der Waals surface area contributed by atoms with E-state index in [1.54, 1.807) is 6.33 Å². The lowest BCUT2D eigenvalue weighted by atomic mass is 9.81.